The van der Waals surface area contributed by atoms with E-state index in [4.69, 9.17) is 4.98 Å². The molecule has 0 saturated heterocycles. The molecule has 6 nitrogen and oxygen atoms in total. The van der Waals surface area contributed by atoms with Crippen molar-refractivity contribution in [2.75, 3.05) is 18.4 Å². The smallest absolute Gasteiger partial charge is 0.246 e. The average Bonchev–Trinajstić information content (AvgIpc) is 3.29. The van der Waals surface area contributed by atoms with Crippen molar-refractivity contribution in [2.45, 2.75) is 13.3 Å². The molecule has 0 radical (unpaired) electrons. The minimum absolute atomic E-state index is 0.0981. The van der Waals surface area contributed by atoms with Crippen molar-refractivity contribution in [3.63, 3.8) is 0 Å². The Morgan fingerprint density at radius 1 is 0.971 bits per heavy atom. The van der Waals surface area contributed by atoms with E-state index in [0.29, 0.717) is 5.95 Å². The van der Waals surface area contributed by atoms with Crippen LogP contribution in [0, 0.1) is 6.92 Å². The van der Waals surface area contributed by atoms with Gasteiger partial charge < -0.3 is 4.90 Å². The van der Waals surface area contributed by atoms with Crippen molar-refractivity contribution < 1.29 is 9.59 Å². The number of benzene rings is 3. The molecule has 0 atom stereocenters. The summed E-state index contributed by atoms with van der Waals surface area (Å²) in [6.07, 6.45) is 3.74. The first-order valence-corrected chi connectivity index (χ1v) is 11.5. The van der Waals surface area contributed by atoms with Gasteiger partial charge >= 0.3 is 0 Å². The van der Waals surface area contributed by atoms with E-state index >= 15 is 0 Å². The third-order valence-electron chi connectivity index (χ3n) is 5.57. The molecule has 4 aromatic rings. The van der Waals surface area contributed by atoms with Gasteiger partial charge in [-0.1, -0.05) is 84.4 Å². The zero-order valence-electron chi connectivity index (χ0n) is 19.7. The second-order valence-corrected chi connectivity index (χ2v) is 8.29. The molecular formula is C29H28N4O2. The highest BCUT2D eigenvalue weighted by Gasteiger charge is 2.19. The maximum atomic E-state index is 13.0. The molecule has 0 bridgehead atoms. The fraction of sp³-hybridized carbons (Fsp3) is 0.138. The minimum atomic E-state index is -0.327. The van der Waals surface area contributed by atoms with Crippen molar-refractivity contribution in [3.05, 3.63) is 115 Å². The van der Waals surface area contributed by atoms with E-state index in [1.807, 2.05) is 103 Å². The average molecular weight is 465 g/mol. The molecule has 1 N–H and O–H groups in total. The highest BCUT2D eigenvalue weighted by atomic mass is 16.2. The molecule has 0 aliphatic rings. The minimum Gasteiger partial charge on any atom is -0.329 e. The van der Waals surface area contributed by atoms with Crippen LogP contribution < -0.4 is 5.32 Å². The van der Waals surface area contributed by atoms with E-state index < -0.39 is 0 Å². The van der Waals surface area contributed by atoms with Gasteiger partial charge in [0.1, 0.15) is 6.54 Å². The number of hydrogen-bond donors (Lipinski definition) is 1. The van der Waals surface area contributed by atoms with Gasteiger partial charge in [-0.25, -0.2) is 4.98 Å². The Hall–Kier alpha value is -4.45. The summed E-state index contributed by atoms with van der Waals surface area (Å²) in [7, 11) is 0. The first kappa shape index (κ1) is 23.7. The van der Waals surface area contributed by atoms with Gasteiger partial charge in [0.05, 0.1) is 12.1 Å². The Bertz CT molecular complexity index is 1300. The van der Waals surface area contributed by atoms with Crippen LogP contribution in [0.25, 0.3) is 16.9 Å². The lowest BCUT2D eigenvalue weighted by atomic mass is 10.1. The van der Waals surface area contributed by atoms with E-state index in [1.54, 1.807) is 6.08 Å². The van der Waals surface area contributed by atoms with Crippen LogP contribution in [0.4, 0.5) is 5.95 Å². The number of nitrogens with one attached hydrogen (secondary N) is 1. The monoisotopic (exact) mass is 464 g/mol. The summed E-state index contributed by atoms with van der Waals surface area (Å²) in [5.41, 5.74) is 4.60. The predicted octanol–water partition coefficient (Wildman–Crippen LogP) is 5.04. The SMILES string of the molecule is C=CCN(CC(=O)Nc1nc(-c2ccccc2)cn1-c1ccc(C)cc1)C(=O)Cc1ccccc1. The second kappa shape index (κ2) is 11.1. The van der Waals surface area contributed by atoms with E-state index in [2.05, 4.69) is 11.9 Å². The second-order valence-electron chi connectivity index (χ2n) is 8.29. The van der Waals surface area contributed by atoms with E-state index in [-0.39, 0.29) is 31.3 Å². The van der Waals surface area contributed by atoms with Crippen LogP contribution in [0.15, 0.2) is 104 Å². The molecule has 35 heavy (non-hydrogen) atoms. The number of anilines is 1. The lowest BCUT2D eigenvalue weighted by Gasteiger charge is -2.21. The number of rotatable bonds is 9. The van der Waals surface area contributed by atoms with Crippen molar-refractivity contribution in [1.29, 1.82) is 0 Å². The Morgan fingerprint density at radius 3 is 2.29 bits per heavy atom. The Morgan fingerprint density at radius 2 is 1.63 bits per heavy atom. The summed E-state index contributed by atoms with van der Waals surface area (Å²) in [5, 5.41) is 2.91. The molecule has 0 spiro atoms. The number of carbonyl (C=O) groups excluding carboxylic acids is 2. The highest BCUT2D eigenvalue weighted by Crippen LogP contribution is 2.24. The van der Waals surface area contributed by atoms with Gasteiger partial charge in [0.2, 0.25) is 17.8 Å². The quantitative estimate of drug-likeness (QED) is 0.353. The number of aromatic nitrogens is 2. The van der Waals surface area contributed by atoms with E-state index in [0.717, 1.165) is 28.1 Å². The lowest BCUT2D eigenvalue weighted by Crippen LogP contribution is -2.39. The van der Waals surface area contributed by atoms with Crippen molar-refractivity contribution in [1.82, 2.24) is 14.5 Å². The molecule has 4 rings (SSSR count). The number of imidazole rings is 1. The van der Waals surface area contributed by atoms with Gasteiger partial charge in [-0.3, -0.25) is 19.5 Å². The van der Waals surface area contributed by atoms with Crippen LogP contribution in [0.2, 0.25) is 0 Å². The molecule has 176 valence electrons. The van der Waals surface area contributed by atoms with Crippen LogP contribution >= 0.6 is 0 Å². The van der Waals surface area contributed by atoms with Gasteiger partial charge in [0, 0.05) is 24.0 Å². The first-order chi connectivity index (χ1) is 17.0. The van der Waals surface area contributed by atoms with Crippen LogP contribution in [0.5, 0.6) is 0 Å². The molecule has 1 aromatic heterocycles. The molecule has 0 saturated carbocycles. The standard InChI is InChI=1S/C29H28N4O2/c1-3-18-32(28(35)19-23-10-6-4-7-11-23)21-27(34)31-29-30-26(24-12-8-5-9-13-24)20-33(29)25-16-14-22(2)15-17-25/h3-17,20H,1,18-19,21H2,2H3,(H,30,31,34). The van der Waals surface area contributed by atoms with Gasteiger partial charge in [0.15, 0.2) is 0 Å². The van der Waals surface area contributed by atoms with Crippen LogP contribution in [-0.2, 0) is 16.0 Å². The summed E-state index contributed by atoms with van der Waals surface area (Å²) < 4.78 is 1.85. The third-order valence-corrected chi connectivity index (χ3v) is 5.57. The fourth-order valence-corrected chi connectivity index (χ4v) is 3.75. The van der Waals surface area contributed by atoms with E-state index in [9.17, 15) is 9.59 Å². The number of carbonyl (C=O) groups is 2. The van der Waals surface area contributed by atoms with Crippen LogP contribution in [0.1, 0.15) is 11.1 Å². The molecule has 1 heterocycles. The topological polar surface area (TPSA) is 67.2 Å². The number of hydrogen-bond acceptors (Lipinski definition) is 3. The summed E-state index contributed by atoms with van der Waals surface area (Å²) >= 11 is 0. The van der Waals surface area contributed by atoms with Crippen LogP contribution in [-0.4, -0.2) is 39.4 Å². The number of nitrogens with zero attached hydrogens (tertiary/aromatic N) is 3. The van der Waals surface area contributed by atoms with Gasteiger partial charge in [0.25, 0.3) is 0 Å². The first-order valence-electron chi connectivity index (χ1n) is 11.5. The highest BCUT2D eigenvalue weighted by molar-refractivity contribution is 5.94. The van der Waals surface area contributed by atoms with Gasteiger partial charge in [-0.15, -0.1) is 6.58 Å². The van der Waals surface area contributed by atoms with Crippen LogP contribution in [0.3, 0.4) is 0 Å². The molecular weight excluding hydrogens is 436 g/mol. The molecule has 0 aliphatic heterocycles. The van der Waals surface area contributed by atoms with Crippen molar-refractivity contribution in [3.8, 4) is 16.9 Å². The van der Waals surface area contributed by atoms with Crippen molar-refractivity contribution in [2.24, 2.45) is 0 Å². The molecule has 3 aromatic carbocycles. The summed E-state index contributed by atoms with van der Waals surface area (Å²) in [4.78, 5) is 32.1. The largest absolute Gasteiger partial charge is 0.329 e. The third kappa shape index (κ3) is 6.12. The van der Waals surface area contributed by atoms with Gasteiger partial charge in [-0.05, 0) is 24.6 Å². The maximum absolute atomic E-state index is 13.0. The summed E-state index contributed by atoms with van der Waals surface area (Å²) in [6, 6.07) is 27.3. The Kier molecular flexibility index (Phi) is 7.53. The predicted molar refractivity (Wildman–Crippen MR) is 139 cm³/mol. The fourth-order valence-electron chi connectivity index (χ4n) is 3.75. The van der Waals surface area contributed by atoms with Gasteiger partial charge in [-0.2, -0.15) is 0 Å². The lowest BCUT2D eigenvalue weighted by molar-refractivity contribution is -0.133. The molecule has 6 heteroatoms. The maximum Gasteiger partial charge on any atom is 0.246 e. The number of amides is 2. The molecule has 2 amide bonds. The summed E-state index contributed by atoms with van der Waals surface area (Å²) in [6.45, 7) is 5.94. The molecule has 0 aliphatic carbocycles. The summed E-state index contributed by atoms with van der Waals surface area (Å²) in [5.74, 6) is -0.0725. The number of aryl methyl sites for hydroxylation is 1. The molecule has 0 unspecified atom stereocenters. The molecule has 0 fully saturated rings. The zero-order valence-corrected chi connectivity index (χ0v) is 19.7. The van der Waals surface area contributed by atoms with Crippen molar-refractivity contribution >= 4 is 17.8 Å². The normalized spacial score (nSPS) is 10.5. The van der Waals surface area contributed by atoms with E-state index in [1.165, 1.54) is 4.90 Å². The zero-order chi connectivity index (χ0) is 24.6. The Labute approximate surface area is 205 Å². The Balaban J connectivity index is 1.56.